The van der Waals surface area contributed by atoms with Crippen LogP contribution in [0.3, 0.4) is 0 Å². The molecule has 0 spiro atoms. The van der Waals surface area contributed by atoms with Crippen molar-refractivity contribution in [3.05, 3.63) is 30.0 Å². The van der Waals surface area contributed by atoms with Crippen molar-refractivity contribution in [1.82, 2.24) is 20.2 Å². The fourth-order valence-corrected chi connectivity index (χ4v) is 1.31. The Bertz CT molecular complexity index is 477. The molecule has 0 N–H and O–H groups in total. The van der Waals surface area contributed by atoms with Gasteiger partial charge in [0.25, 0.3) is 0 Å². The first-order chi connectivity index (χ1) is 8.31. The van der Waals surface area contributed by atoms with Gasteiger partial charge in [-0.25, -0.2) is 9.48 Å². The van der Waals surface area contributed by atoms with E-state index < -0.39 is 5.97 Å². The Labute approximate surface area is 97.4 Å². The number of furan rings is 1. The van der Waals surface area contributed by atoms with Crippen LogP contribution in [0.15, 0.2) is 23.0 Å². The molecule has 90 valence electrons. The fourth-order valence-electron chi connectivity index (χ4n) is 1.31. The number of carbonyl (C=O) groups is 1. The van der Waals surface area contributed by atoms with Crippen LogP contribution in [0.25, 0.3) is 0 Å². The van der Waals surface area contributed by atoms with Gasteiger partial charge in [0.05, 0.1) is 11.8 Å². The summed E-state index contributed by atoms with van der Waals surface area (Å²) in [5.74, 6) is 0.0773. The summed E-state index contributed by atoms with van der Waals surface area (Å²) in [6, 6.07) is 1.54. The monoisotopic (exact) mass is 236 g/mol. The smallest absolute Gasteiger partial charge is 0.341 e. The van der Waals surface area contributed by atoms with Crippen molar-refractivity contribution in [2.45, 2.75) is 26.5 Å². The van der Waals surface area contributed by atoms with Crippen LogP contribution in [0.1, 0.15) is 29.5 Å². The average Bonchev–Trinajstić information content (AvgIpc) is 2.97. The van der Waals surface area contributed by atoms with Crippen LogP contribution in [0.5, 0.6) is 0 Å². The lowest BCUT2D eigenvalue weighted by Gasteiger charge is -2.03. The predicted octanol–water partition coefficient (Wildman–Crippen LogP) is 1.03. The van der Waals surface area contributed by atoms with Crippen molar-refractivity contribution in [2.24, 2.45) is 0 Å². The summed E-state index contributed by atoms with van der Waals surface area (Å²) >= 11 is 0. The molecule has 2 rings (SSSR count). The lowest BCUT2D eigenvalue weighted by atomic mass is 10.3. The van der Waals surface area contributed by atoms with Gasteiger partial charge in [0.1, 0.15) is 6.26 Å². The summed E-state index contributed by atoms with van der Waals surface area (Å²) < 4.78 is 11.5. The number of tetrazole rings is 1. The third kappa shape index (κ3) is 2.68. The van der Waals surface area contributed by atoms with E-state index in [2.05, 4.69) is 15.5 Å². The van der Waals surface area contributed by atoms with Crippen LogP contribution in [-0.2, 0) is 17.9 Å². The van der Waals surface area contributed by atoms with Gasteiger partial charge in [-0.3, -0.25) is 0 Å². The lowest BCUT2D eigenvalue weighted by molar-refractivity contribution is 0.0455. The fraction of sp³-hybridized carbons (Fsp3) is 0.400. The molecule has 0 aromatic carbocycles. The van der Waals surface area contributed by atoms with Crippen LogP contribution >= 0.6 is 0 Å². The number of aryl methyl sites for hydroxylation is 1. The van der Waals surface area contributed by atoms with Gasteiger partial charge in [0.2, 0.25) is 0 Å². The zero-order valence-corrected chi connectivity index (χ0v) is 9.37. The Balaban J connectivity index is 1.93. The molecule has 2 aromatic heterocycles. The molecule has 0 saturated heterocycles. The third-order valence-corrected chi connectivity index (χ3v) is 2.13. The lowest BCUT2D eigenvalue weighted by Crippen LogP contribution is -2.10. The van der Waals surface area contributed by atoms with E-state index in [1.54, 1.807) is 4.68 Å². The number of hydrogen-bond donors (Lipinski definition) is 0. The molecular formula is C10H12N4O3. The molecule has 0 fully saturated rings. The van der Waals surface area contributed by atoms with E-state index >= 15 is 0 Å². The number of esters is 1. The zero-order chi connectivity index (χ0) is 12.1. The summed E-state index contributed by atoms with van der Waals surface area (Å²) in [6.45, 7) is 2.77. The van der Waals surface area contributed by atoms with E-state index in [1.165, 1.54) is 18.6 Å². The zero-order valence-electron chi connectivity index (χ0n) is 9.37. The highest BCUT2D eigenvalue weighted by molar-refractivity contribution is 5.88. The van der Waals surface area contributed by atoms with Crippen molar-refractivity contribution in [3.63, 3.8) is 0 Å². The average molecular weight is 236 g/mol. The molecule has 0 atom stereocenters. The summed E-state index contributed by atoms with van der Waals surface area (Å²) in [5.41, 5.74) is 0.375. The van der Waals surface area contributed by atoms with Crippen LogP contribution < -0.4 is 0 Å². The summed E-state index contributed by atoms with van der Waals surface area (Å²) in [6.07, 6.45) is 3.66. The molecule has 0 saturated carbocycles. The summed E-state index contributed by atoms with van der Waals surface area (Å²) in [5, 5.41) is 11.1. The largest absolute Gasteiger partial charge is 0.472 e. The van der Waals surface area contributed by atoms with E-state index in [0.717, 1.165) is 6.42 Å². The number of carbonyl (C=O) groups excluding carboxylic acids is 1. The van der Waals surface area contributed by atoms with Crippen molar-refractivity contribution in [3.8, 4) is 0 Å². The Kier molecular flexibility index (Phi) is 3.49. The molecule has 0 unspecified atom stereocenters. The Morgan fingerprint density at radius 1 is 1.59 bits per heavy atom. The van der Waals surface area contributed by atoms with E-state index in [0.29, 0.717) is 17.9 Å². The minimum absolute atomic E-state index is 0.0526. The van der Waals surface area contributed by atoms with Gasteiger partial charge in [-0.15, -0.1) is 5.10 Å². The molecule has 17 heavy (non-hydrogen) atoms. The number of ether oxygens (including phenoxy) is 1. The molecule has 0 aliphatic carbocycles. The topological polar surface area (TPSA) is 83.0 Å². The second-order valence-electron chi connectivity index (χ2n) is 3.41. The first-order valence-electron chi connectivity index (χ1n) is 5.25. The third-order valence-electron chi connectivity index (χ3n) is 2.13. The summed E-state index contributed by atoms with van der Waals surface area (Å²) in [4.78, 5) is 11.5. The molecule has 7 nitrogen and oxygen atoms in total. The maximum absolute atomic E-state index is 11.5. The number of hydrogen-bond acceptors (Lipinski definition) is 6. The summed E-state index contributed by atoms with van der Waals surface area (Å²) in [7, 11) is 0. The molecule has 0 aliphatic heterocycles. The molecule has 0 aliphatic rings. The SMILES string of the molecule is CCCn1nnnc1COC(=O)c1ccoc1. The van der Waals surface area contributed by atoms with E-state index in [-0.39, 0.29) is 6.61 Å². The first kappa shape index (κ1) is 11.3. The van der Waals surface area contributed by atoms with Gasteiger partial charge >= 0.3 is 5.97 Å². The van der Waals surface area contributed by atoms with Gasteiger partial charge < -0.3 is 9.15 Å². The Morgan fingerprint density at radius 3 is 3.18 bits per heavy atom. The van der Waals surface area contributed by atoms with E-state index in [9.17, 15) is 4.79 Å². The van der Waals surface area contributed by atoms with Crippen molar-refractivity contribution < 1.29 is 13.9 Å². The molecule has 7 heteroatoms. The van der Waals surface area contributed by atoms with E-state index in [4.69, 9.17) is 9.15 Å². The second-order valence-corrected chi connectivity index (χ2v) is 3.41. The molecule has 0 radical (unpaired) electrons. The maximum Gasteiger partial charge on any atom is 0.341 e. The standard InChI is InChI=1S/C10H12N4O3/c1-2-4-14-9(11-12-13-14)7-17-10(15)8-3-5-16-6-8/h3,5-6H,2,4,7H2,1H3. The minimum Gasteiger partial charge on any atom is -0.472 e. The van der Waals surface area contributed by atoms with E-state index in [1.807, 2.05) is 6.92 Å². The predicted molar refractivity (Wildman–Crippen MR) is 55.9 cm³/mol. The maximum atomic E-state index is 11.5. The molecule has 0 amide bonds. The minimum atomic E-state index is -0.454. The number of aromatic nitrogens is 4. The van der Waals surface area contributed by atoms with Gasteiger partial charge in [0.15, 0.2) is 12.4 Å². The Morgan fingerprint density at radius 2 is 2.47 bits per heavy atom. The van der Waals surface area contributed by atoms with Crippen molar-refractivity contribution in [2.75, 3.05) is 0 Å². The second kappa shape index (κ2) is 5.24. The van der Waals surface area contributed by atoms with Crippen LogP contribution in [-0.4, -0.2) is 26.2 Å². The van der Waals surface area contributed by atoms with Crippen LogP contribution in [0.2, 0.25) is 0 Å². The van der Waals surface area contributed by atoms with Gasteiger partial charge in [-0.1, -0.05) is 6.92 Å². The Hall–Kier alpha value is -2.18. The van der Waals surface area contributed by atoms with Crippen LogP contribution in [0.4, 0.5) is 0 Å². The molecule has 2 aromatic rings. The normalized spacial score (nSPS) is 10.4. The highest BCUT2D eigenvalue weighted by Gasteiger charge is 2.11. The van der Waals surface area contributed by atoms with Gasteiger partial charge in [-0.05, 0) is 22.9 Å². The molecule has 0 bridgehead atoms. The number of nitrogens with zero attached hydrogens (tertiary/aromatic N) is 4. The first-order valence-corrected chi connectivity index (χ1v) is 5.25. The van der Waals surface area contributed by atoms with Gasteiger partial charge in [0, 0.05) is 6.54 Å². The van der Waals surface area contributed by atoms with Gasteiger partial charge in [-0.2, -0.15) is 0 Å². The van der Waals surface area contributed by atoms with Crippen molar-refractivity contribution in [1.29, 1.82) is 0 Å². The quantitative estimate of drug-likeness (QED) is 0.721. The van der Waals surface area contributed by atoms with Crippen molar-refractivity contribution >= 4 is 5.97 Å². The molecular weight excluding hydrogens is 224 g/mol. The molecule has 2 heterocycles. The highest BCUT2D eigenvalue weighted by Crippen LogP contribution is 2.04. The highest BCUT2D eigenvalue weighted by atomic mass is 16.5. The van der Waals surface area contributed by atoms with Crippen LogP contribution in [0, 0.1) is 0 Å². The number of rotatable bonds is 5.